The van der Waals surface area contributed by atoms with E-state index in [-0.39, 0.29) is 30.3 Å². The lowest BCUT2D eigenvalue weighted by Gasteiger charge is -2.33. The van der Waals surface area contributed by atoms with Gasteiger partial charge in [0.15, 0.2) is 5.60 Å². The molecule has 5 N–H and O–H groups in total. The summed E-state index contributed by atoms with van der Waals surface area (Å²) in [5.41, 5.74) is 10.1. The molecule has 3 aromatic heterocycles. The number of alkyl carbamates (subject to hydrolysis) is 1. The number of likely N-dealkylation sites (tertiary alicyclic amines) is 2. The zero-order valence-electron chi connectivity index (χ0n) is 33.8. The van der Waals surface area contributed by atoms with E-state index in [0.29, 0.717) is 36.9 Å². The van der Waals surface area contributed by atoms with Crippen molar-refractivity contribution in [3.8, 4) is 33.6 Å². The van der Waals surface area contributed by atoms with Crippen LogP contribution in [-0.4, -0.2) is 108 Å². The van der Waals surface area contributed by atoms with Crippen LogP contribution < -0.4 is 11.1 Å². The Bertz CT molecular complexity index is 2280. The van der Waals surface area contributed by atoms with Crippen LogP contribution in [0.2, 0.25) is 0 Å². The molecule has 0 saturated carbocycles. The van der Waals surface area contributed by atoms with Crippen molar-refractivity contribution in [1.82, 2.24) is 44.6 Å². The van der Waals surface area contributed by atoms with Gasteiger partial charge in [-0.2, -0.15) is 0 Å². The molecular weight excluding hydrogens is 757 g/mol. The van der Waals surface area contributed by atoms with Crippen LogP contribution in [0.5, 0.6) is 0 Å². The molecule has 17 nitrogen and oxygen atoms in total. The number of ether oxygens (including phenoxy) is 3. The van der Waals surface area contributed by atoms with E-state index >= 15 is 0 Å². The number of primary amides is 1. The predicted molar refractivity (Wildman–Crippen MR) is 216 cm³/mol. The number of H-pyrrole nitrogens is 2. The zero-order valence-corrected chi connectivity index (χ0v) is 33.8. The Labute approximate surface area is 341 Å². The van der Waals surface area contributed by atoms with Crippen molar-refractivity contribution in [2.45, 2.75) is 75.8 Å². The molecule has 0 spiro atoms. The molecule has 17 heteroatoms. The SMILES string of the molecule is COC(=O)N[C@H](C(=O)N1CCC[C@H]1c1ncc(-c2ccc(-c3ccc(-c4cnc([C@@H]5CCCN5C(=O)[C@](C)(Cc5cn(C)cn5)OC(N)=O)[nH]4)cc3)cc2)[nH]1)[C@@H](C)OC. The van der Waals surface area contributed by atoms with Crippen molar-refractivity contribution >= 4 is 24.0 Å². The van der Waals surface area contributed by atoms with Crippen molar-refractivity contribution < 1.29 is 33.4 Å². The van der Waals surface area contributed by atoms with Gasteiger partial charge in [0.25, 0.3) is 5.91 Å². The fourth-order valence-corrected chi connectivity index (χ4v) is 8.06. The molecule has 2 aliphatic heterocycles. The third-order valence-electron chi connectivity index (χ3n) is 11.2. The van der Waals surface area contributed by atoms with E-state index < -0.39 is 29.9 Å². The van der Waals surface area contributed by atoms with Crippen molar-refractivity contribution in [3.63, 3.8) is 0 Å². The molecule has 59 heavy (non-hydrogen) atoms. The number of aromatic nitrogens is 6. The number of benzene rings is 2. The van der Waals surface area contributed by atoms with Gasteiger partial charge >= 0.3 is 12.2 Å². The van der Waals surface area contributed by atoms with Crippen LogP contribution in [0.15, 0.2) is 73.4 Å². The Kier molecular flexibility index (Phi) is 11.8. The highest BCUT2D eigenvalue weighted by atomic mass is 16.6. The van der Waals surface area contributed by atoms with Crippen LogP contribution in [0.3, 0.4) is 0 Å². The highest BCUT2D eigenvalue weighted by Crippen LogP contribution is 2.36. The Morgan fingerprint density at radius 2 is 1.37 bits per heavy atom. The normalized spacial score (nSPS) is 18.6. The number of nitrogens with two attached hydrogens (primary N) is 1. The topological polar surface area (TPSA) is 216 Å². The molecule has 2 saturated heterocycles. The highest BCUT2D eigenvalue weighted by Gasteiger charge is 2.45. The van der Waals surface area contributed by atoms with E-state index in [9.17, 15) is 19.2 Å². The van der Waals surface area contributed by atoms with Crippen LogP contribution in [0.25, 0.3) is 33.6 Å². The minimum atomic E-state index is -1.53. The summed E-state index contributed by atoms with van der Waals surface area (Å²) in [6.07, 6.45) is 7.75. The summed E-state index contributed by atoms with van der Waals surface area (Å²) in [4.78, 5) is 75.5. The molecule has 2 aliphatic rings. The lowest BCUT2D eigenvalue weighted by Crippen LogP contribution is -2.54. The van der Waals surface area contributed by atoms with E-state index in [1.54, 1.807) is 53.1 Å². The number of carbonyl (C=O) groups is 4. The molecule has 310 valence electrons. The number of aryl methyl sites for hydroxylation is 1. The summed E-state index contributed by atoms with van der Waals surface area (Å²) >= 11 is 0. The molecule has 2 fully saturated rings. The van der Waals surface area contributed by atoms with Crippen molar-refractivity contribution in [2.24, 2.45) is 12.8 Å². The van der Waals surface area contributed by atoms with Gasteiger partial charge in [-0.05, 0) is 61.8 Å². The van der Waals surface area contributed by atoms with Gasteiger partial charge in [-0.15, -0.1) is 0 Å². The first kappa shape index (κ1) is 40.7. The number of carbonyl (C=O) groups excluding carboxylic acids is 4. The number of nitrogens with zero attached hydrogens (tertiary/aromatic N) is 6. The standard InChI is InChI=1S/C42H50N10O7/c1-25(57-4)35(49-41(56)58-5)38(53)51-18-6-8-33(51)36-44-21-31(47-36)28-14-10-26(11-15-28)27-12-16-29(17-13-27)32-22-45-37(48-32)34-9-7-19-52(34)39(54)42(2,59-40(43)55)20-30-23-50(3)24-46-30/h10-17,21-25,33-35H,6-9,18-20H2,1-5H3,(H2,43,55)(H,44,47)(H,45,48)(H,49,56)/t25-,33+,34+,35+,42+/m1/s1. The van der Waals surface area contributed by atoms with E-state index in [1.807, 2.05) is 43.4 Å². The summed E-state index contributed by atoms with van der Waals surface area (Å²) in [7, 11) is 4.58. The van der Waals surface area contributed by atoms with Gasteiger partial charge in [0.1, 0.15) is 17.7 Å². The Morgan fingerprint density at radius 1 is 0.847 bits per heavy atom. The van der Waals surface area contributed by atoms with Gasteiger partial charge in [-0.25, -0.2) is 24.5 Å². The molecule has 0 radical (unpaired) electrons. The average molecular weight is 807 g/mol. The third kappa shape index (κ3) is 8.69. The molecule has 7 rings (SSSR count). The molecule has 2 aromatic carbocycles. The minimum absolute atomic E-state index is 0.0831. The maximum absolute atomic E-state index is 14.0. The van der Waals surface area contributed by atoms with E-state index in [4.69, 9.17) is 19.9 Å². The maximum Gasteiger partial charge on any atom is 0.407 e. The van der Waals surface area contributed by atoms with Crippen LogP contribution in [0.1, 0.15) is 69.0 Å². The molecule has 5 atom stereocenters. The number of aromatic amines is 2. The zero-order chi connectivity index (χ0) is 41.8. The van der Waals surface area contributed by atoms with Crippen LogP contribution in [0.4, 0.5) is 9.59 Å². The van der Waals surface area contributed by atoms with Gasteiger partial charge in [-0.1, -0.05) is 48.5 Å². The van der Waals surface area contributed by atoms with Crippen molar-refractivity contribution in [1.29, 1.82) is 0 Å². The molecule has 0 aliphatic carbocycles. The monoisotopic (exact) mass is 806 g/mol. The van der Waals surface area contributed by atoms with Gasteiger partial charge in [0.2, 0.25) is 5.91 Å². The fourth-order valence-electron chi connectivity index (χ4n) is 8.06. The Balaban J connectivity index is 1.01. The first-order chi connectivity index (χ1) is 28.4. The van der Waals surface area contributed by atoms with E-state index in [2.05, 4.69) is 42.4 Å². The molecule has 0 unspecified atom stereocenters. The number of methoxy groups -OCH3 is 2. The van der Waals surface area contributed by atoms with Crippen LogP contribution in [-0.2, 0) is 37.3 Å². The molecule has 5 heterocycles. The summed E-state index contributed by atoms with van der Waals surface area (Å²) in [6.45, 7) is 4.33. The maximum atomic E-state index is 14.0. The van der Waals surface area contributed by atoms with E-state index in [1.165, 1.54) is 14.2 Å². The molecule has 0 bridgehead atoms. The Hall–Kier alpha value is -6.49. The van der Waals surface area contributed by atoms with Gasteiger partial charge in [-0.3, -0.25) is 9.59 Å². The highest BCUT2D eigenvalue weighted by molar-refractivity contribution is 5.88. The number of nitrogens with one attached hydrogen (secondary N) is 3. The van der Waals surface area contributed by atoms with Crippen molar-refractivity contribution in [3.05, 3.63) is 90.8 Å². The summed E-state index contributed by atoms with van der Waals surface area (Å²) in [6, 6.07) is 14.8. The van der Waals surface area contributed by atoms with Crippen LogP contribution >= 0.6 is 0 Å². The largest absolute Gasteiger partial charge is 0.453 e. The van der Waals surface area contributed by atoms with Crippen LogP contribution in [0, 0.1) is 0 Å². The first-order valence-electron chi connectivity index (χ1n) is 19.6. The number of amides is 4. The smallest absolute Gasteiger partial charge is 0.407 e. The molecule has 5 aromatic rings. The average Bonchev–Trinajstić information content (AvgIpc) is 4.09. The van der Waals surface area contributed by atoms with Gasteiger partial charge in [0, 0.05) is 39.9 Å². The second kappa shape index (κ2) is 17.2. The summed E-state index contributed by atoms with van der Waals surface area (Å²) < 4.78 is 17.4. The number of hydrogen-bond acceptors (Lipinski definition) is 10. The van der Waals surface area contributed by atoms with Gasteiger partial charge in [0.05, 0.1) is 61.1 Å². The Morgan fingerprint density at radius 3 is 1.86 bits per heavy atom. The third-order valence-corrected chi connectivity index (χ3v) is 11.2. The number of imidazole rings is 3. The lowest BCUT2D eigenvalue weighted by atomic mass is 9.97. The predicted octanol–water partition coefficient (Wildman–Crippen LogP) is 5.05. The fraction of sp³-hybridized carbons (Fsp3) is 0.405. The second-order valence-corrected chi connectivity index (χ2v) is 15.3. The first-order valence-corrected chi connectivity index (χ1v) is 19.6. The van der Waals surface area contributed by atoms with Gasteiger partial charge < -0.3 is 49.6 Å². The van der Waals surface area contributed by atoms with Crippen molar-refractivity contribution in [2.75, 3.05) is 27.3 Å². The number of rotatable bonds is 13. The number of hydrogen-bond donors (Lipinski definition) is 4. The lowest BCUT2D eigenvalue weighted by molar-refractivity contribution is -0.150. The molecule has 4 amide bonds. The summed E-state index contributed by atoms with van der Waals surface area (Å²) in [5, 5.41) is 2.62. The van der Waals surface area contributed by atoms with E-state index in [0.717, 1.165) is 52.9 Å². The minimum Gasteiger partial charge on any atom is -0.453 e. The summed E-state index contributed by atoms with van der Waals surface area (Å²) in [5.74, 6) is 0.725. The quantitative estimate of drug-likeness (QED) is 0.124. The second-order valence-electron chi connectivity index (χ2n) is 15.3. The molecular formula is C42H50N10O7.